The molecule has 1 N–H and O–H groups in total. The monoisotopic (exact) mass is 333 g/mol. The molecule has 0 saturated carbocycles. The average molecular weight is 334 g/mol. The van der Waals surface area contributed by atoms with Crippen molar-refractivity contribution in [3.05, 3.63) is 23.8 Å². The van der Waals surface area contributed by atoms with Gasteiger partial charge in [0.05, 0.1) is 18.4 Å². The number of rotatable bonds is 7. The Balaban J connectivity index is 2.98. The first kappa shape index (κ1) is 17.8. The fraction of sp³-hybridized carbons (Fsp3) is 0.500. The minimum absolute atomic E-state index is 0.0416. The van der Waals surface area contributed by atoms with E-state index in [2.05, 4.69) is 5.32 Å². The maximum absolute atomic E-state index is 12.0. The molecule has 21 heavy (non-hydrogen) atoms. The molecular weight excluding hydrogens is 314 g/mol. The standard InChI is InChI=1S/C14H20ClNO4S/c1-4-11(5-2)16-14(17)9-10-8-12(21(15,18)19)6-7-13(10)20-3/h6-8,11H,4-5,9H2,1-3H3,(H,16,17). The molecule has 0 saturated heterocycles. The molecular formula is C14H20ClNO4S. The van der Waals surface area contributed by atoms with Crippen molar-refractivity contribution in [1.82, 2.24) is 5.32 Å². The summed E-state index contributed by atoms with van der Waals surface area (Å²) < 4.78 is 27.9. The second-order valence-corrected chi connectivity index (χ2v) is 7.24. The Morgan fingerprint density at radius 1 is 1.33 bits per heavy atom. The normalized spacial score (nSPS) is 11.5. The lowest BCUT2D eigenvalue weighted by Crippen LogP contribution is -2.34. The molecule has 7 heteroatoms. The summed E-state index contributed by atoms with van der Waals surface area (Å²) in [5.74, 6) is 0.282. The van der Waals surface area contributed by atoms with Crippen LogP contribution in [-0.4, -0.2) is 27.5 Å². The summed E-state index contributed by atoms with van der Waals surface area (Å²) in [4.78, 5) is 12.0. The summed E-state index contributed by atoms with van der Waals surface area (Å²) in [6.45, 7) is 3.99. The molecule has 1 rings (SSSR count). The first-order chi connectivity index (χ1) is 9.81. The highest BCUT2D eigenvalue weighted by Crippen LogP contribution is 2.25. The number of hydrogen-bond donors (Lipinski definition) is 1. The van der Waals surface area contributed by atoms with E-state index >= 15 is 0 Å². The Bertz CT molecular complexity index is 597. The Labute approximate surface area is 130 Å². The lowest BCUT2D eigenvalue weighted by Gasteiger charge is -2.15. The number of carbonyl (C=O) groups is 1. The molecule has 0 radical (unpaired) electrons. The number of halogens is 1. The SMILES string of the molecule is CCC(CC)NC(=O)Cc1cc(S(=O)(=O)Cl)ccc1OC. The first-order valence-electron chi connectivity index (χ1n) is 6.72. The third-order valence-corrected chi connectivity index (χ3v) is 4.59. The molecule has 1 amide bonds. The molecule has 118 valence electrons. The van der Waals surface area contributed by atoms with Gasteiger partial charge in [0.1, 0.15) is 5.75 Å². The van der Waals surface area contributed by atoms with Gasteiger partial charge in [0.25, 0.3) is 9.05 Å². The van der Waals surface area contributed by atoms with Gasteiger partial charge < -0.3 is 10.1 Å². The van der Waals surface area contributed by atoms with E-state index < -0.39 is 9.05 Å². The van der Waals surface area contributed by atoms with Crippen molar-refractivity contribution in [2.75, 3.05) is 7.11 Å². The first-order valence-corrected chi connectivity index (χ1v) is 9.03. The summed E-state index contributed by atoms with van der Waals surface area (Å²) in [5.41, 5.74) is 0.489. The predicted molar refractivity (Wildman–Crippen MR) is 82.2 cm³/mol. The van der Waals surface area contributed by atoms with Crippen LogP contribution in [0, 0.1) is 0 Å². The van der Waals surface area contributed by atoms with Crippen molar-refractivity contribution in [2.24, 2.45) is 0 Å². The van der Waals surface area contributed by atoms with E-state index in [4.69, 9.17) is 15.4 Å². The smallest absolute Gasteiger partial charge is 0.261 e. The number of ether oxygens (including phenoxy) is 1. The van der Waals surface area contributed by atoms with Crippen LogP contribution in [0.25, 0.3) is 0 Å². The second-order valence-electron chi connectivity index (χ2n) is 4.67. The summed E-state index contributed by atoms with van der Waals surface area (Å²) in [7, 11) is 2.95. The summed E-state index contributed by atoms with van der Waals surface area (Å²) in [6, 6.07) is 4.33. The summed E-state index contributed by atoms with van der Waals surface area (Å²) in [5, 5.41) is 2.90. The van der Waals surface area contributed by atoms with Crippen molar-refractivity contribution in [2.45, 2.75) is 44.0 Å². The maximum atomic E-state index is 12.0. The molecule has 0 bridgehead atoms. The quantitative estimate of drug-likeness (QED) is 0.778. The van der Waals surface area contributed by atoms with Crippen LogP contribution in [0.1, 0.15) is 32.3 Å². The summed E-state index contributed by atoms with van der Waals surface area (Å²) >= 11 is 0. The number of hydrogen-bond acceptors (Lipinski definition) is 4. The largest absolute Gasteiger partial charge is 0.496 e. The van der Waals surface area contributed by atoms with Crippen LogP contribution in [-0.2, 0) is 20.3 Å². The Morgan fingerprint density at radius 3 is 2.43 bits per heavy atom. The van der Waals surface area contributed by atoms with Gasteiger partial charge >= 0.3 is 0 Å². The Hall–Kier alpha value is -1.27. The zero-order valence-electron chi connectivity index (χ0n) is 12.3. The topological polar surface area (TPSA) is 72.5 Å². The predicted octanol–water partition coefficient (Wildman–Crippen LogP) is 2.47. The molecule has 0 aliphatic carbocycles. The van der Waals surface area contributed by atoms with Crippen LogP contribution in [0.5, 0.6) is 5.75 Å². The van der Waals surface area contributed by atoms with Crippen molar-refractivity contribution < 1.29 is 17.9 Å². The highest BCUT2D eigenvalue weighted by atomic mass is 35.7. The molecule has 0 atom stereocenters. The molecule has 0 aromatic heterocycles. The second kappa shape index (κ2) is 7.66. The highest BCUT2D eigenvalue weighted by Gasteiger charge is 2.16. The van der Waals surface area contributed by atoms with Gasteiger partial charge in [-0.15, -0.1) is 0 Å². The van der Waals surface area contributed by atoms with E-state index in [-0.39, 0.29) is 23.3 Å². The number of benzene rings is 1. The van der Waals surface area contributed by atoms with Gasteiger partial charge in [-0.25, -0.2) is 8.42 Å². The van der Waals surface area contributed by atoms with Crippen molar-refractivity contribution in [3.63, 3.8) is 0 Å². The van der Waals surface area contributed by atoms with Crippen LogP contribution in [0.4, 0.5) is 0 Å². The molecule has 0 spiro atoms. The van der Waals surface area contributed by atoms with E-state index in [9.17, 15) is 13.2 Å². The minimum atomic E-state index is -3.83. The number of amides is 1. The molecule has 1 aromatic carbocycles. The van der Waals surface area contributed by atoms with Gasteiger partial charge in [0.15, 0.2) is 0 Å². The van der Waals surface area contributed by atoms with Crippen molar-refractivity contribution >= 4 is 25.6 Å². The van der Waals surface area contributed by atoms with E-state index in [1.165, 1.54) is 25.3 Å². The number of nitrogens with one attached hydrogen (secondary N) is 1. The third kappa shape index (κ3) is 5.21. The maximum Gasteiger partial charge on any atom is 0.261 e. The van der Waals surface area contributed by atoms with Crippen molar-refractivity contribution in [3.8, 4) is 5.75 Å². The van der Waals surface area contributed by atoms with Crippen LogP contribution in [0.2, 0.25) is 0 Å². The van der Waals surface area contributed by atoms with Crippen LogP contribution < -0.4 is 10.1 Å². The van der Waals surface area contributed by atoms with E-state index in [0.717, 1.165) is 12.8 Å². The Kier molecular flexibility index (Phi) is 6.48. The lowest BCUT2D eigenvalue weighted by molar-refractivity contribution is -0.121. The van der Waals surface area contributed by atoms with Gasteiger partial charge in [-0.05, 0) is 31.0 Å². The fourth-order valence-electron chi connectivity index (χ4n) is 1.99. The van der Waals surface area contributed by atoms with Crippen LogP contribution >= 0.6 is 10.7 Å². The van der Waals surface area contributed by atoms with Gasteiger partial charge in [0.2, 0.25) is 5.91 Å². The van der Waals surface area contributed by atoms with Gasteiger partial charge in [-0.2, -0.15) is 0 Å². The van der Waals surface area contributed by atoms with E-state index in [0.29, 0.717) is 11.3 Å². The molecule has 5 nitrogen and oxygen atoms in total. The van der Waals surface area contributed by atoms with Crippen LogP contribution in [0.3, 0.4) is 0 Å². The molecule has 0 aliphatic heterocycles. The van der Waals surface area contributed by atoms with Gasteiger partial charge in [0, 0.05) is 22.3 Å². The molecule has 1 aromatic rings. The van der Waals surface area contributed by atoms with E-state index in [1.54, 1.807) is 0 Å². The lowest BCUT2D eigenvalue weighted by atomic mass is 10.1. The van der Waals surface area contributed by atoms with Crippen LogP contribution in [0.15, 0.2) is 23.1 Å². The number of carbonyl (C=O) groups excluding carboxylic acids is 1. The average Bonchev–Trinajstić information content (AvgIpc) is 2.43. The zero-order chi connectivity index (χ0) is 16.0. The highest BCUT2D eigenvalue weighted by molar-refractivity contribution is 8.13. The summed E-state index contributed by atoms with van der Waals surface area (Å²) in [6.07, 6.45) is 1.73. The molecule has 0 unspecified atom stereocenters. The molecule has 0 fully saturated rings. The number of methoxy groups -OCH3 is 1. The van der Waals surface area contributed by atoms with Gasteiger partial charge in [-0.3, -0.25) is 4.79 Å². The van der Waals surface area contributed by atoms with E-state index in [1.807, 2.05) is 13.8 Å². The molecule has 0 aliphatic rings. The third-order valence-electron chi connectivity index (χ3n) is 3.24. The Morgan fingerprint density at radius 2 is 1.95 bits per heavy atom. The minimum Gasteiger partial charge on any atom is -0.496 e. The fourth-order valence-corrected chi connectivity index (χ4v) is 2.79. The van der Waals surface area contributed by atoms with Crippen molar-refractivity contribution in [1.29, 1.82) is 0 Å². The molecule has 0 heterocycles. The zero-order valence-corrected chi connectivity index (χ0v) is 13.9. The van der Waals surface area contributed by atoms with Gasteiger partial charge in [-0.1, -0.05) is 13.8 Å².